The highest BCUT2D eigenvalue weighted by molar-refractivity contribution is 6.18. The summed E-state index contributed by atoms with van der Waals surface area (Å²) in [6.45, 7) is 4.78. The molecule has 0 atom stereocenters. The molecule has 0 spiro atoms. The van der Waals surface area contributed by atoms with Crippen molar-refractivity contribution in [3.63, 3.8) is 0 Å². The maximum atomic E-state index is 5.03. The van der Waals surface area contributed by atoms with Crippen LogP contribution in [0.4, 0.5) is 0 Å². The summed E-state index contributed by atoms with van der Waals surface area (Å²) >= 11 is 0. The molecule has 7 aromatic carbocycles. The molecule has 53 heavy (non-hydrogen) atoms. The highest BCUT2D eigenvalue weighted by atomic mass is 15.0. The molecule has 252 valence electrons. The van der Waals surface area contributed by atoms with E-state index in [4.69, 9.17) is 15.0 Å². The first-order chi connectivity index (χ1) is 26.0. The summed E-state index contributed by atoms with van der Waals surface area (Å²) in [5.74, 6) is 2.12. The molecule has 0 radical (unpaired) electrons. The van der Waals surface area contributed by atoms with Crippen molar-refractivity contribution in [2.24, 2.45) is 0 Å². The Hall–Kier alpha value is -6.45. The van der Waals surface area contributed by atoms with Crippen molar-refractivity contribution in [3.8, 4) is 56.2 Å². The minimum absolute atomic E-state index is 0.151. The second-order valence-corrected chi connectivity index (χ2v) is 14.7. The molecule has 0 amide bonds. The Morgan fingerprint density at radius 1 is 0.472 bits per heavy atom. The molecule has 3 nitrogen and oxygen atoms in total. The Labute approximate surface area is 310 Å². The van der Waals surface area contributed by atoms with E-state index in [1.54, 1.807) is 0 Å². The number of benzene rings is 7. The Bertz CT molecular complexity index is 2810. The zero-order valence-corrected chi connectivity index (χ0v) is 29.8. The molecule has 0 aliphatic heterocycles. The lowest BCUT2D eigenvalue weighted by molar-refractivity contribution is 0.667. The van der Waals surface area contributed by atoms with E-state index in [1.807, 2.05) is 18.2 Å². The van der Waals surface area contributed by atoms with Crippen LogP contribution in [0.2, 0.25) is 0 Å². The number of aromatic nitrogens is 3. The van der Waals surface area contributed by atoms with Crippen molar-refractivity contribution in [2.75, 3.05) is 0 Å². The Morgan fingerprint density at radius 2 is 1.02 bits per heavy atom. The van der Waals surface area contributed by atoms with Crippen LogP contribution in [0.5, 0.6) is 0 Å². The predicted molar refractivity (Wildman–Crippen MR) is 220 cm³/mol. The molecule has 0 unspecified atom stereocenters. The minimum atomic E-state index is -0.151. The van der Waals surface area contributed by atoms with E-state index in [0.717, 1.165) is 46.5 Å². The standard InChI is InChI=1S/C50H37N3/c1-50(2)44-31-37(27-28-43(44)45-41-25-11-9-23-39(41)40-24-10-12-26-42(40)46(45)50)35-20-13-19-34(29-35)36-21-14-22-38(30-36)49-52-47(32-15-5-3-6-16-32)51-48(53-49)33-17-7-4-8-18-33/h3-7,9-17,19-31H,8,18H2,1-2H3. The average Bonchev–Trinajstić information content (AvgIpc) is 3.47. The highest BCUT2D eigenvalue weighted by Crippen LogP contribution is 2.55. The lowest BCUT2D eigenvalue weighted by Crippen LogP contribution is -2.15. The summed E-state index contributed by atoms with van der Waals surface area (Å²) in [6, 6.07) is 52.6. The monoisotopic (exact) mass is 679 g/mol. The molecular weight excluding hydrogens is 643 g/mol. The van der Waals surface area contributed by atoms with E-state index < -0.39 is 0 Å². The number of allylic oxidation sites excluding steroid dienone is 4. The molecule has 0 saturated heterocycles. The summed E-state index contributed by atoms with van der Waals surface area (Å²) < 4.78 is 0. The van der Waals surface area contributed by atoms with Crippen LogP contribution in [0, 0.1) is 0 Å². The van der Waals surface area contributed by atoms with E-state index in [0.29, 0.717) is 11.6 Å². The fourth-order valence-electron chi connectivity index (χ4n) is 8.53. The van der Waals surface area contributed by atoms with E-state index in [1.165, 1.54) is 54.9 Å². The first-order valence-electron chi connectivity index (χ1n) is 18.5. The molecule has 2 aliphatic carbocycles. The van der Waals surface area contributed by atoms with Gasteiger partial charge in [-0.2, -0.15) is 0 Å². The maximum Gasteiger partial charge on any atom is 0.164 e. The van der Waals surface area contributed by atoms with E-state index >= 15 is 0 Å². The third kappa shape index (κ3) is 5.23. The van der Waals surface area contributed by atoms with Crippen molar-refractivity contribution < 1.29 is 0 Å². The maximum absolute atomic E-state index is 5.03. The number of nitrogens with zero attached hydrogens (tertiary/aromatic N) is 3. The number of fused-ring (bicyclic) bond motifs is 8. The van der Waals surface area contributed by atoms with E-state index in [2.05, 4.69) is 159 Å². The van der Waals surface area contributed by atoms with Gasteiger partial charge >= 0.3 is 0 Å². The van der Waals surface area contributed by atoms with Crippen LogP contribution in [0.15, 0.2) is 164 Å². The van der Waals surface area contributed by atoms with Gasteiger partial charge < -0.3 is 0 Å². The summed E-state index contributed by atoms with van der Waals surface area (Å²) in [5, 5.41) is 5.32. The predicted octanol–water partition coefficient (Wildman–Crippen LogP) is 12.9. The SMILES string of the molecule is CC1(C)c2cc(-c3cccc(-c4cccc(-c5nc(C6=CC=CCC6)nc(-c6ccccc6)n5)c4)c3)ccc2-c2c1c1ccccc1c1ccccc21. The minimum Gasteiger partial charge on any atom is -0.209 e. The third-order valence-electron chi connectivity index (χ3n) is 11.1. The molecular formula is C50H37N3. The van der Waals surface area contributed by atoms with Gasteiger partial charge in [0.15, 0.2) is 17.5 Å². The molecule has 0 fully saturated rings. The normalized spacial score (nSPS) is 14.3. The summed E-state index contributed by atoms with van der Waals surface area (Å²) in [5.41, 5.74) is 13.2. The number of rotatable bonds is 5. The van der Waals surface area contributed by atoms with Gasteiger partial charge in [-0.05, 0) is 103 Å². The first-order valence-corrected chi connectivity index (χ1v) is 18.5. The largest absolute Gasteiger partial charge is 0.209 e. The van der Waals surface area contributed by atoms with Gasteiger partial charge in [0.05, 0.1) is 0 Å². The Balaban J connectivity index is 1.05. The lowest BCUT2D eigenvalue weighted by atomic mass is 9.78. The van der Waals surface area contributed by atoms with Crippen LogP contribution in [0.25, 0.3) is 83.3 Å². The lowest BCUT2D eigenvalue weighted by Gasteiger charge is -2.24. The molecule has 0 saturated carbocycles. The smallest absolute Gasteiger partial charge is 0.164 e. The van der Waals surface area contributed by atoms with Crippen molar-refractivity contribution in [1.29, 1.82) is 0 Å². The first kappa shape index (κ1) is 31.3. The van der Waals surface area contributed by atoms with Crippen molar-refractivity contribution >= 4 is 27.1 Å². The van der Waals surface area contributed by atoms with Gasteiger partial charge in [-0.25, -0.2) is 15.0 Å². The van der Waals surface area contributed by atoms with Gasteiger partial charge in [-0.1, -0.05) is 159 Å². The van der Waals surface area contributed by atoms with E-state index in [-0.39, 0.29) is 5.41 Å². The molecule has 0 bridgehead atoms. The van der Waals surface area contributed by atoms with Gasteiger partial charge in [0.1, 0.15) is 0 Å². The average molecular weight is 680 g/mol. The van der Waals surface area contributed by atoms with Gasteiger partial charge in [-0.3, -0.25) is 0 Å². The van der Waals surface area contributed by atoms with E-state index in [9.17, 15) is 0 Å². The topological polar surface area (TPSA) is 38.7 Å². The zero-order valence-electron chi connectivity index (χ0n) is 29.8. The summed E-state index contributed by atoms with van der Waals surface area (Å²) in [6.07, 6.45) is 8.32. The molecule has 10 rings (SSSR count). The highest BCUT2D eigenvalue weighted by Gasteiger charge is 2.38. The fraction of sp³-hybridized carbons (Fsp3) is 0.100. The molecule has 2 aliphatic rings. The van der Waals surface area contributed by atoms with Gasteiger partial charge in [0.2, 0.25) is 0 Å². The number of hydrogen-bond donors (Lipinski definition) is 0. The molecule has 0 N–H and O–H groups in total. The van der Waals surface area contributed by atoms with Crippen LogP contribution in [0.3, 0.4) is 0 Å². The second kappa shape index (κ2) is 12.4. The molecule has 3 heteroatoms. The Kier molecular flexibility index (Phi) is 7.29. The quantitative estimate of drug-likeness (QED) is 0.170. The summed E-state index contributed by atoms with van der Waals surface area (Å²) in [4.78, 5) is 15.0. The van der Waals surface area contributed by atoms with Gasteiger partial charge in [0, 0.05) is 16.5 Å². The van der Waals surface area contributed by atoms with Crippen LogP contribution in [0.1, 0.15) is 43.6 Å². The van der Waals surface area contributed by atoms with Gasteiger partial charge in [-0.15, -0.1) is 0 Å². The van der Waals surface area contributed by atoms with Crippen molar-refractivity contribution in [1.82, 2.24) is 15.0 Å². The second-order valence-electron chi connectivity index (χ2n) is 14.7. The molecule has 1 aromatic heterocycles. The molecule has 8 aromatic rings. The zero-order chi connectivity index (χ0) is 35.5. The molecule has 1 heterocycles. The third-order valence-corrected chi connectivity index (χ3v) is 11.1. The summed E-state index contributed by atoms with van der Waals surface area (Å²) in [7, 11) is 0. The van der Waals surface area contributed by atoms with Crippen molar-refractivity contribution in [3.05, 3.63) is 181 Å². The Morgan fingerprint density at radius 3 is 1.72 bits per heavy atom. The van der Waals surface area contributed by atoms with Crippen LogP contribution in [-0.2, 0) is 5.41 Å². The fourth-order valence-corrected chi connectivity index (χ4v) is 8.53. The van der Waals surface area contributed by atoms with Crippen LogP contribution < -0.4 is 0 Å². The number of hydrogen-bond acceptors (Lipinski definition) is 3. The van der Waals surface area contributed by atoms with Crippen LogP contribution in [-0.4, -0.2) is 15.0 Å². The van der Waals surface area contributed by atoms with Crippen LogP contribution >= 0.6 is 0 Å². The van der Waals surface area contributed by atoms with Crippen molar-refractivity contribution in [2.45, 2.75) is 32.1 Å². The van der Waals surface area contributed by atoms with Gasteiger partial charge in [0.25, 0.3) is 0 Å².